The Labute approximate surface area is 153 Å². The van der Waals surface area contributed by atoms with Crippen molar-refractivity contribution in [3.63, 3.8) is 0 Å². The fourth-order valence-corrected chi connectivity index (χ4v) is 3.97. The minimum absolute atomic E-state index is 0.0572. The van der Waals surface area contributed by atoms with Crippen LogP contribution >= 0.6 is 0 Å². The number of amides is 1. The number of likely N-dealkylation sites (tertiary alicyclic amines) is 1. The van der Waals surface area contributed by atoms with E-state index in [4.69, 9.17) is 4.98 Å². The van der Waals surface area contributed by atoms with E-state index in [9.17, 15) is 4.79 Å². The van der Waals surface area contributed by atoms with Gasteiger partial charge in [-0.1, -0.05) is 6.07 Å². The molecule has 0 spiro atoms. The number of nitrogens with one attached hydrogen (secondary N) is 2. The Morgan fingerprint density at radius 3 is 2.92 bits per heavy atom. The number of rotatable bonds is 4. The van der Waals surface area contributed by atoms with Crippen molar-refractivity contribution in [2.24, 2.45) is 0 Å². The fraction of sp³-hybridized carbons (Fsp3) is 0.450. The van der Waals surface area contributed by atoms with Crippen molar-refractivity contribution in [3.8, 4) is 0 Å². The molecule has 1 saturated heterocycles. The van der Waals surface area contributed by atoms with Gasteiger partial charge in [0, 0.05) is 18.7 Å². The molecule has 3 heterocycles. The second kappa shape index (κ2) is 6.59. The minimum Gasteiger partial charge on any atom is -0.340 e. The zero-order chi connectivity index (χ0) is 18.3. The number of nitrogens with zero attached hydrogens (tertiary/aromatic N) is 3. The molecule has 1 fully saturated rings. The van der Waals surface area contributed by atoms with E-state index in [-0.39, 0.29) is 11.9 Å². The van der Waals surface area contributed by atoms with Crippen LogP contribution in [0.25, 0.3) is 11.0 Å². The molecule has 26 heavy (non-hydrogen) atoms. The van der Waals surface area contributed by atoms with E-state index in [1.54, 1.807) is 0 Å². The number of hydrogen-bond donors (Lipinski definition) is 2. The molecule has 2 N–H and O–H groups in total. The molecule has 136 valence electrons. The summed E-state index contributed by atoms with van der Waals surface area (Å²) in [5, 5.41) is 7.21. The number of hydrogen-bond acceptors (Lipinski definition) is 3. The number of aromatic amines is 2. The van der Waals surface area contributed by atoms with Crippen LogP contribution in [0.15, 0.2) is 18.2 Å². The van der Waals surface area contributed by atoms with Gasteiger partial charge < -0.3 is 9.88 Å². The highest BCUT2D eigenvalue weighted by Crippen LogP contribution is 2.32. The lowest BCUT2D eigenvalue weighted by Gasteiger charge is -2.23. The average Bonchev–Trinajstić information content (AvgIpc) is 3.31. The van der Waals surface area contributed by atoms with Gasteiger partial charge in [-0.3, -0.25) is 9.89 Å². The highest BCUT2D eigenvalue weighted by atomic mass is 16.2. The van der Waals surface area contributed by atoms with Gasteiger partial charge in [-0.15, -0.1) is 0 Å². The van der Waals surface area contributed by atoms with Crippen molar-refractivity contribution in [2.45, 2.75) is 52.5 Å². The molecule has 1 aliphatic rings. The molecule has 0 saturated carbocycles. The molecule has 0 bridgehead atoms. The summed E-state index contributed by atoms with van der Waals surface area (Å²) >= 11 is 0. The topological polar surface area (TPSA) is 77.7 Å². The molecule has 3 aromatic rings. The maximum absolute atomic E-state index is 12.9. The van der Waals surface area contributed by atoms with Gasteiger partial charge in [-0.05, 0) is 63.3 Å². The highest BCUT2D eigenvalue weighted by Gasteiger charge is 2.32. The van der Waals surface area contributed by atoms with Crippen LogP contribution < -0.4 is 0 Å². The molecule has 1 aliphatic heterocycles. The Morgan fingerprint density at radius 2 is 2.15 bits per heavy atom. The molecule has 6 heteroatoms. The first-order valence-electron chi connectivity index (χ1n) is 9.29. The summed E-state index contributed by atoms with van der Waals surface area (Å²) in [6.07, 6.45) is 3.23. The summed E-state index contributed by atoms with van der Waals surface area (Å²) in [7, 11) is 0. The lowest BCUT2D eigenvalue weighted by atomic mass is 10.1. The minimum atomic E-state index is 0.0572. The fourth-order valence-electron chi connectivity index (χ4n) is 3.97. The van der Waals surface area contributed by atoms with Gasteiger partial charge in [-0.2, -0.15) is 5.10 Å². The summed E-state index contributed by atoms with van der Waals surface area (Å²) < 4.78 is 0. The van der Waals surface area contributed by atoms with Crippen LogP contribution in [0.4, 0.5) is 0 Å². The Bertz CT molecular complexity index is 935. The number of H-pyrrole nitrogens is 2. The molecular weight excluding hydrogens is 326 g/mol. The summed E-state index contributed by atoms with van der Waals surface area (Å²) in [4.78, 5) is 23.0. The summed E-state index contributed by atoms with van der Waals surface area (Å²) in [5.74, 6) is 1.11. The number of benzene rings is 1. The molecule has 0 aliphatic carbocycles. The predicted octanol–water partition coefficient (Wildman–Crippen LogP) is 3.51. The Hall–Kier alpha value is -2.63. The zero-order valence-corrected chi connectivity index (χ0v) is 15.6. The number of aryl methyl sites for hydroxylation is 3. The Balaban J connectivity index is 1.51. The smallest absolute Gasteiger partial charge is 0.223 e. The molecule has 1 unspecified atom stereocenters. The van der Waals surface area contributed by atoms with E-state index in [0.29, 0.717) is 6.42 Å². The normalized spacial score (nSPS) is 17.3. The van der Waals surface area contributed by atoms with Crippen LogP contribution in [0.5, 0.6) is 0 Å². The van der Waals surface area contributed by atoms with Gasteiger partial charge >= 0.3 is 0 Å². The van der Waals surface area contributed by atoms with Gasteiger partial charge in [0.15, 0.2) is 0 Å². The third kappa shape index (κ3) is 3.00. The van der Waals surface area contributed by atoms with Crippen molar-refractivity contribution in [1.29, 1.82) is 0 Å². The first kappa shape index (κ1) is 16.8. The van der Waals surface area contributed by atoms with Crippen LogP contribution in [-0.2, 0) is 11.2 Å². The summed E-state index contributed by atoms with van der Waals surface area (Å²) in [6.45, 7) is 6.88. The maximum atomic E-state index is 12.9. The van der Waals surface area contributed by atoms with Crippen molar-refractivity contribution in [2.75, 3.05) is 6.54 Å². The third-order valence-electron chi connectivity index (χ3n) is 5.41. The van der Waals surface area contributed by atoms with Crippen LogP contribution in [0.1, 0.15) is 53.6 Å². The number of carbonyl (C=O) groups excluding carboxylic acids is 1. The Kier molecular flexibility index (Phi) is 4.26. The first-order chi connectivity index (χ1) is 12.5. The third-order valence-corrected chi connectivity index (χ3v) is 5.41. The number of fused-ring (bicyclic) bond motifs is 1. The van der Waals surface area contributed by atoms with E-state index < -0.39 is 0 Å². The molecule has 4 rings (SSSR count). The van der Waals surface area contributed by atoms with Gasteiger partial charge in [0.25, 0.3) is 0 Å². The van der Waals surface area contributed by atoms with Crippen molar-refractivity contribution >= 4 is 16.9 Å². The van der Waals surface area contributed by atoms with Crippen molar-refractivity contribution in [1.82, 2.24) is 25.1 Å². The molecular formula is C20H25N5O. The van der Waals surface area contributed by atoms with Crippen LogP contribution in [-0.4, -0.2) is 37.5 Å². The quantitative estimate of drug-likeness (QED) is 0.755. The largest absolute Gasteiger partial charge is 0.340 e. The highest BCUT2D eigenvalue weighted by molar-refractivity contribution is 5.78. The molecule has 1 amide bonds. The van der Waals surface area contributed by atoms with E-state index in [2.05, 4.69) is 34.2 Å². The van der Waals surface area contributed by atoms with Gasteiger partial charge in [0.05, 0.1) is 22.8 Å². The predicted molar refractivity (Wildman–Crippen MR) is 101 cm³/mol. The van der Waals surface area contributed by atoms with Crippen molar-refractivity contribution < 1.29 is 4.79 Å². The molecule has 1 atom stereocenters. The standard InChI is InChI=1S/C20H25N5O/c1-12-6-8-16-17(11-12)22-20(21-16)18-5-4-10-25(18)19(26)9-7-15-13(2)23-24-14(15)3/h6,8,11,18H,4-5,7,9-10H2,1-3H3,(H,21,22)(H,23,24). The van der Waals surface area contributed by atoms with Crippen LogP contribution in [0.2, 0.25) is 0 Å². The zero-order valence-electron chi connectivity index (χ0n) is 15.6. The van der Waals surface area contributed by atoms with Gasteiger partial charge in [-0.25, -0.2) is 4.98 Å². The number of imidazole rings is 1. The summed E-state index contributed by atoms with van der Waals surface area (Å²) in [6, 6.07) is 6.27. The lowest BCUT2D eigenvalue weighted by molar-refractivity contribution is -0.132. The second-order valence-electron chi connectivity index (χ2n) is 7.30. The van der Waals surface area contributed by atoms with Gasteiger partial charge in [0.2, 0.25) is 5.91 Å². The second-order valence-corrected chi connectivity index (χ2v) is 7.30. The van der Waals surface area contributed by atoms with Crippen molar-refractivity contribution in [3.05, 3.63) is 46.5 Å². The molecule has 1 aromatic carbocycles. The first-order valence-corrected chi connectivity index (χ1v) is 9.29. The number of aromatic nitrogens is 4. The van der Waals surface area contributed by atoms with E-state index in [0.717, 1.165) is 59.6 Å². The molecule has 2 aromatic heterocycles. The van der Waals surface area contributed by atoms with Gasteiger partial charge in [0.1, 0.15) is 5.82 Å². The summed E-state index contributed by atoms with van der Waals surface area (Å²) in [5.41, 5.74) is 6.42. The van der Waals surface area contributed by atoms with Crippen LogP contribution in [0.3, 0.4) is 0 Å². The average molecular weight is 351 g/mol. The SMILES string of the molecule is Cc1ccc2nc(C3CCCN3C(=O)CCc3c(C)n[nH]c3C)[nH]c2c1. The maximum Gasteiger partial charge on any atom is 0.223 e. The molecule has 6 nitrogen and oxygen atoms in total. The molecule has 0 radical (unpaired) electrons. The lowest BCUT2D eigenvalue weighted by Crippen LogP contribution is -2.31. The van der Waals surface area contributed by atoms with E-state index >= 15 is 0 Å². The van der Waals surface area contributed by atoms with Crippen LogP contribution in [0, 0.1) is 20.8 Å². The number of carbonyl (C=O) groups is 1. The monoisotopic (exact) mass is 351 g/mol. The van der Waals surface area contributed by atoms with E-state index in [1.165, 1.54) is 5.56 Å². The Morgan fingerprint density at radius 1 is 1.31 bits per heavy atom. The van der Waals surface area contributed by atoms with E-state index in [1.807, 2.05) is 24.8 Å².